The van der Waals surface area contributed by atoms with Crippen molar-refractivity contribution in [2.24, 2.45) is 0 Å². The Balaban J connectivity index is 4.70. The van der Waals surface area contributed by atoms with Gasteiger partial charge in [0.25, 0.3) is 0 Å². The molecular formula is C11H23NO6P2. The van der Waals surface area contributed by atoms with Crippen molar-refractivity contribution < 1.29 is 27.2 Å². The molecule has 9 heteroatoms. The lowest BCUT2D eigenvalue weighted by atomic mass is 10.7. The Kier molecular flexibility index (Phi) is 10.3. The van der Waals surface area contributed by atoms with Crippen LogP contribution in [0, 0.1) is 0 Å². The van der Waals surface area contributed by atoms with Crippen molar-refractivity contribution in [1.82, 2.24) is 5.09 Å². The van der Waals surface area contributed by atoms with Crippen molar-refractivity contribution in [1.29, 1.82) is 0 Å². The third-order valence-corrected chi connectivity index (χ3v) is 5.46. The third kappa shape index (κ3) is 8.12. The Labute approximate surface area is 120 Å². The molecule has 0 amide bonds. The highest BCUT2D eigenvalue weighted by atomic mass is 31.2. The molecule has 0 heterocycles. The maximum atomic E-state index is 12.4. The highest BCUT2D eigenvalue weighted by molar-refractivity contribution is 7.56. The van der Waals surface area contributed by atoms with Crippen molar-refractivity contribution in [2.45, 2.75) is 13.8 Å². The molecule has 0 radical (unpaired) electrons. The van der Waals surface area contributed by atoms with Gasteiger partial charge in [0.2, 0.25) is 0 Å². The average molecular weight is 327 g/mol. The quantitative estimate of drug-likeness (QED) is 0.410. The second-order valence-electron chi connectivity index (χ2n) is 3.43. The molecule has 0 saturated carbocycles. The van der Waals surface area contributed by atoms with Gasteiger partial charge in [0.05, 0.1) is 26.4 Å². The molecule has 20 heavy (non-hydrogen) atoms. The van der Waals surface area contributed by atoms with E-state index >= 15 is 0 Å². The second-order valence-corrected chi connectivity index (χ2v) is 7.31. The number of hydrogen-bond acceptors (Lipinski definition) is 6. The van der Waals surface area contributed by atoms with E-state index in [0.29, 0.717) is 0 Å². The van der Waals surface area contributed by atoms with E-state index in [1.807, 2.05) is 0 Å². The molecule has 1 N–H and O–H groups in total. The zero-order valence-electron chi connectivity index (χ0n) is 11.9. The molecule has 7 nitrogen and oxygen atoms in total. The van der Waals surface area contributed by atoms with Crippen molar-refractivity contribution in [3.8, 4) is 0 Å². The van der Waals surface area contributed by atoms with E-state index in [-0.39, 0.29) is 32.7 Å². The highest BCUT2D eigenvalue weighted by Crippen LogP contribution is 2.52. The van der Waals surface area contributed by atoms with Crippen LogP contribution in [-0.2, 0) is 27.2 Å². The van der Waals surface area contributed by atoms with Gasteiger partial charge in [-0.2, -0.15) is 0 Å². The van der Waals surface area contributed by atoms with Gasteiger partial charge in [-0.1, -0.05) is 12.2 Å². The summed E-state index contributed by atoms with van der Waals surface area (Å²) in [5.41, 5.74) is 0. The fourth-order valence-electron chi connectivity index (χ4n) is 1.10. The molecule has 0 rings (SSSR count). The second kappa shape index (κ2) is 10.5. The van der Waals surface area contributed by atoms with Gasteiger partial charge >= 0.3 is 15.3 Å². The summed E-state index contributed by atoms with van der Waals surface area (Å²) in [5.74, 6) is 0. The summed E-state index contributed by atoms with van der Waals surface area (Å²) in [7, 11) is -7.00. The minimum Gasteiger partial charge on any atom is -0.303 e. The van der Waals surface area contributed by atoms with Gasteiger partial charge in [0.15, 0.2) is 0 Å². The Morgan fingerprint density at radius 3 is 1.75 bits per heavy atom. The van der Waals surface area contributed by atoms with E-state index in [0.717, 1.165) is 0 Å². The molecule has 0 aliphatic heterocycles. The Hall–Kier alpha value is -0.260. The van der Waals surface area contributed by atoms with Crippen molar-refractivity contribution in [3.63, 3.8) is 0 Å². The maximum Gasteiger partial charge on any atom is 0.406 e. The van der Waals surface area contributed by atoms with Crippen molar-refractivity contribution >= 4 is 15.3 Å². The molecule has 0 spiro atoms. The summed E-state index contributed by atoms with van der Waals surface area (Å²) in [5, 5.41) is 2.49. The summed E-state index contributed by atoms with van der Waals surface area (Å²) in [6, 6.07) is 0. The number of rotatable bonds is 13. The van der Waals surface area contributed by atoms with E-state index < -0.39 is 15.3 Å². The van der Waals surface area contributed by atoms with E-state index in [9.17, 15) is 9.13 Å². The van der Waals surface area contributed by atoms with Crippen molar-refractivity contribution in [3.05, 3.63) is 25.3 Å². The Morgan fingerprint density at radius 1 is 0.950 bits per heavy atom. The van der Waals surface area contributed by atoms with Crippen LogP contribution in [0.5, 0.6) is 0 Å². The monoisotopic (exact) mass is 327 g/mol. The molecule has 0 aromatic carbocycles. The van der Waals surface area contributed by atoms with E-state index in [4.69, 9.17) is 18.1 Å². The van der Waals surface area contributed by atoms with Gasteiger partial charge in [0, 0.05) is 0 Å². The summed E-state index contributed by atoms with van der Waals surface area (Å²) < 4.78 is 44.8. The van der Waals surface area contributed by atoms with Crippen LogP contribution in [-0.4, -0.2) is 32.7 Å². The van der Waals surface area contributed by atoms with E-state index in [2.05, 4.69) is 18.2 Å². The SMILES string of the molecule is C=CCOP(=O)(CNP(=O)(OCC)OCC)OCC=C. The van der Waals surface area contributed by atoms with Crippen LogP contribution in [0.1, 0.15) is 13.8 Å². The minimum absolute atomic E-state index is 0.0453. The fourth-order valence-corrected chi connectivity index (χ4v) is 4.35. The standard InChI is InChI=1S/C11H23NO6P2/c1-5-9-17-19(13,18-10-6-2)11-12-20(14,15-7-3)16-8-4/h5-6H,1-2,7-11H2,3-4H3,(H,12,14). The molecule has 0 atom stereocenters. The van der Waals surface area contributed by atoms with Gasteiger partial charge in [-0.25, -0.2) is 9.65 Å². The lowest BCUT2D eigenvalue weighted by molar-refractivity contribution is 0.206. The van der Waals surface area contributed by atoms with Gasteiger partial charge < -0.3 is 9.05 Å². The Morgan fingerprint density at radius 2 is 1.40 bits per heavy atom. The maximum absolute atomic E-state index is 12.4. The lowest BCUT2D eigenvalue weighted by Gasteiger charge is -2.22. The van der Waals surface area contributed by atoms with Gasteiger partial charge in [-0.15, -0.1) is 13.2 Å². The van der Waals surface area contributed by atoms with Crippen LogP contribution >= 0.6 is 15.3 Å². The topological polar surface area (TPSA) is 83.1 Å². The molecule has 0 unspecified atom stereocenters. The molecule has 0 fully saturated rings. The molecule has 0 aromatic heterocycles. The van der Waals surface area contributed by atoms with E-state index in [1.165, 1.54) is 12.2 Å². The zero-order valence-corrected chi connectivity index (χ0v) is 13.7. The predicted octanol–water partition coefficient (Wildman–Crippen LogP) is 3.31. The molecule has 118 valence electrons. The van der Waals surface area contributed by atoms with Gasteiger partial charge in [0.1, 0.15) is 6.29 Å². The molecule has 0 saturated heterocycles. The first-order valence-electron chi connectivity index (χ1n) is 6.19. The number of nitrogens with one attached hydrogen (secondary N) is 1. The van der Waals surface area contributed by atoms with E-state index in [1.54, 1.807) is 13.8 Å². The third-order valence-electron chi connectivity index (χ3n) is 1.83. The van der Waals surface area contributed by atoms with Crippen LogP contribution in [0.3, 0.4) is 0 Å². The van der Waals surface area contributed by atoms with Crippen LogP contribution in [0.4, 0.5) is 0 Å². The summed E-state index contributed by atoms with van der Waals surface area (Å²) in [4.78, 5) is 0. The summed E-state index contributed by atoms with van der Waals surface area (Å²) >= 11 is 0. The molecular weight excluding hydrogens is 304 g/mol. The minimum atomic E-state index is -3.51. The number of hydrogen-bond donors (Lipinski definition) is 1. The highest BCUT2D eigenvalue weighted by Gasteiger charge is 2.31. The zero-order chi connectivity index (χ0) is 15.5. The summed E-state index contributed by atoms with van der Waals surface area (Å²) in [6.45, 7) is 10.8. The van der Waals surface area contributed by atoms with Gasteiger partial charge in [-0.05, 0) is 13.8 Å². The summed E-state index contributed by atoms with van der Waals surface area (Å²) in [6.07, 6.45) is 2.58. The lowest BCUT2D eigenvalue weighted by Crippen LogP contribution is -2.18. The van der Waals surface area contributed by atoms with Crippen LogP contribution in [0.2, 0.25) is 0 Å². The molecule has 0 aliphatic rings. The van der Waals surface area contributed by atoms with Crippen LogP contribution in [0.15, 0.2) is 25.3 Å². The fraction of sp³-hybridized carbons (Fsp3) is 0.636. The molecule has 0 bridgehead atoms. The smallest absolute Gasteiger partial charge is 0.303 e. The molecule has 0 aliphatic carbocycles. The first-order chi connectivity index (χ1) is 9.45. The van der Waals surface area contributed by atoms with Gasteiger partial charge in [-0.3, -0.25) is 13.6 Å². The normalized spacial score (nSPS) is 12.3. The first kappa shape index (κ1) is 19.7. The van der Waals surface area contributed by atoms with Crippen molar-refractivity contribution in [2.75, 3.05) is 32.7 Å². The average Bonchev–Trinajstić information content (AvgIpc) is 2.42. The molecule has 0 aromatic rings. The Bertz CT molecular complexity index is 361. The van der Waals surface area contributed by atoms with Crippen LogP contribution < -0.4 is 5.09 Å². The largest absolute Gasteiger partial charge is 0.406 e. The van der Waals surface area contributed by atoms with Crippen LogP contribution in [0.25, 0.3) is 0 Å². The predicted molar refractivity (Wildman–Crippen MR) is 78.8 cm³/mol. The first-order valence-corrected chi connectivity index (χ1v) is 9.46.